The van der Waals surface area contributed by atoms with Crippen LogP contribution in [-0.2, 0) is 4.79 Å². The van der Waals surface area contributed by atoms with Crippen LogP contribution in [0.1, 0.15) is 12.8 Å². The summed E-state index contributed by atoms with van der Waals surface area (Å²) in [5, 5.41) is 4.29. The Hall–Kier alpha value is -1.69. The van der Waals surface area contributed by atoms with Crippen LogP contribution in [0, 0.1) is 0 Å². The van der Waals surface area contributed by atoms with E-state index in [1.54, 1.807) is 28.2 Å². The standard InChI is InChI=1S/C13H13BrN4O/c14-12-4-2-6-17(13(12)19)11-8-16-18(9-11)10-3-1-5-15-7-10/h1,3,5,7-9,12H,2,4,6H2. The molecule has 6 heteroatoms. The van der Waals surface area contributed by atoms with Gasteiger partial charge in [0.2, 0.25) is 5.91 Å². The molecular weight excluding hydrogens is 308 g/mol. The Labute approximate surface area is 119 Å². The zero-order valence-electron chi connectivity index (χ0n) is 10.2. The second-order valence-corrected chi connectivity index (χ2v) is 5.56. The summed E-state index contributed by atoms with van der Waals surface area (Å²) in [4.78, 5) is 17.9. The molecule has 0 aromatic carbocycles. The van der Waals surface area contributed by atoms with Crippen LogP contribution in [0.4, 0.5) is 5.69 Å². The van der Waals surface area contributed by atoms with E-state index in [-0.39, 0.29) is 10.7 Å². The van der Waals surface area contributed by atoms with E-state index in [1.165, 1.54) is 0 Å². The fourth-order valence-electron chi connectivity index (χ4n) is 2.17. The van der Waals surface area contributed by atoms with Crippen LogP contribution in [-0.4, -0.2) is 32.0 Å². The Morgan fingerprint density at radius 1 is 1.32 bits per heavy atom. The average Bonchev–Trinajstić information content (AvgIpc) is 2.92. The SMILES string of the molecule is O=C1C(Br)CCCN1c1cnn(-c2cccnc2)c1. The molecule has 2 aromatic heterocycles. The molecule has 0 N–H and O–H groups in total. The van der Waals surface area contributed by atoms with Gasteiger partial charge in [0.1, 0.15) is 0 Å². The van der Waals surface area contributed by atoms with E-state index < -0.39 is 0 Å². The predicted molar refractivity (Wildman–Crippen MR) is 75.7 cm³/mol. The summed E-state index contributed by atoms with van der Waals surface area (Å²) in [5.74, 6) is 0.108. The first kappa shape index (κ1) is 12.3. The third-order valence-electron chi connectivity index (χ3n) is 3.16. The number of amides is 1. The molecule has 0 aliphatic carbocycles. The van der Waals surface area contributed by atoms with Gasteiger partial charge in [0, 0.05) is 12.7 Å². The summed E-state index contributed by atoms with van der Waals surface area (Å²) >= 11 is 3.41. The van der Waals surface area contributed by atoms with E-state index >= 15 is 0 Å². The number of hydrogen-bond donors (Lipinski definition) is 0. The molecule has 3 heterocycles. The Morgan fingerprint density at radius 3 is 3.00 bits per heavy atom. The Balaban J connectivity index is 1.87. The molecule has 0 radical (unpaired) electrons. The number of aromatic nitrogens is 3. The van der Waals surface area contributed by atoms with Crippen LogP contribution in [0.15, 0.2) is 36.9 Å². The van der Waals surface area contributed by atoms with Crippen LogP contribution < -0.4 is 4.90 Å². The number of nitrogens with zero attached hydrogens (tertiary/aromatic N) is 4. The summed E-state index contributed by atoms with van der Waals surface area (Å²) in [7, 11) is 0. The van der Waals surface area contributed by atoms with Crippen molar-refractivity contribution in [3.63, 3.8) is 0 Å². The number of hydrogen-bond acceptors (Lipinski definition) is 3. The number of pyridine rings is 1. The van der Waals surface area contributed by atoms with E-state index in [2.05, 4.69) is 26.0 Å². The third-order valence-corrected chi connectivity index (χ3v) is 4.01. The number of piperidine rings is 1. The third kappa shape index (κ3) is 2.40. The van der Waals surface area contributed by atoms with Gasteiger partial charge in [0.15, 0.2) is 0 Å². The molecule has 1 aliphatic heterocycles. The van der Waals surface area contributed by atoms with Crippen molar-refractivity contribution in [3.05, 3.63) is 36.9 Å². The van der Waals surface area contributed by atoms with Gasteiger partial charge in [0.25, 0.3) is 0 Å². The van der Waals surface area contributed by atoms with E-state index in [0.717, 1.165) is 30.8 Å². The minimum absolute atomic E-state index is 0.0806. The molecule has 0 spiro atoms. The maximum Gasteiger partial charge on any atom is 0.240 e. The lowest BCUT2D eigenvalue weighted by molar-refractivity contribution is -0.118. The van der Waals surface area contributed by atoms with Crippen molar-refractivity contribution in [3.8, 4) is 5.69 Å². The smallest absolute Gasteiger partial charge is 0.240 e. The van der Waals surface area contributed by atoms with Crippen LogP contribution in [0.3, 0.4) is 0 Å². The quantitative estimate of drug-likeness (QED) is 0.797. The number of halogens is 1. The van der Waals surface area contributed by atoms with Crippen molar-refractivity contribution < 1.29 is 4.79 Å². The summed E-state index contributed by atoms with van der Waals surface area (Å²) in [6.07, 6.45) is 8.93. The van der Waals surface area contributed by atoms with Gasteiger partial charge in [-0.2, -0.15) is 5.10 Å². The molecule has 1 atom stereocenters. The fraction of sp³-hybridized carbons (Fsp3) is 0.308. The van der Waals surface area contributed by atoms with Gasteiger partial charge in [-0.05, 0) is 25.0 Å². The van der Waals surface area contributed by atoms with Crippen LogP contribution >= 0.6 is 15.9 Å². The van der Waals surface area contributed by atoms with Crippen molar-refractivity contribution >= 4 is 27.5 Å². The minimum atomic E-state index is -0.0806. The monoisotopic (exact) mass is 320 g/mol. The summed E-state index contributed by atoms with van der Waals surface area (Å²) in [6.45, 7) is 0.750. The predicted octanol–water partition coefficient (Wildman–Crippen LogP) is 2.16. The van der Waals surface area contributed by atoms with Crippen molar-refractivity contribution in [2.45, 2.75) is 17.7 Å². The van der Waals surface area contributed by atoms with E-state index in [0.29, 0.717) is 0 Å². The zero-order valence-corrected chi connectivity index (χ0v) is 11.8. The molecule has 1 fully saturated rings. The lowest BCUT2D eigenvalue weighted by atomic mass is 10.1. The topological polar surface area (TPSA) is 51.0 Å². The van der Waals surface area contributed by atoms with Crippen LogP contribution in [0.5, 0.6) is 0 Å². The molecule has 3 rings (SSSR count). The van der Waals surface area contributed by atoms with Gasteiger partial charge < -0.3 is 4.90 Å². The highest BCUT2D eigenvalue weighted by Gasteiger charge is 2.28. The number of anilines is 1. The maximum absolute atomic E-state index is 12.1. The van der Waals surface area contributed by atoms with Gasteiger partial charge in [-0.15, -0.1) is 0 Å². The summed E-state index contributed by atoms with van der Waals surface area (Å²) in [5.41, 5.74) is 1.71. The number of carbonyl (C=O) groups is 1. The number of carbonyl (C=O) groups excluding carboxylic acids is 1. The summed E-state index contributed by atoms with van der Waals surface area (Å²) in [6, 6.07) is 3.78. The lowest BCUT2D eigenvalue weighted by Crippen LogP contribution is -2.41. The molecule has 1 aliphatic rings. The van der Waals surface area contributed by atoms with Gasteiger partial charge >= 0.3 is 0 Å². The van der Waals surface area contributed by atoms with Crippen LogP contribution in [0.2, 0.25) is 0 Å². The van der Waals surface area contributed by atoms with Crippen LogP contribution in [0.25, 0.3) is 5.69 Å². The molecule has 0 saturated carbocycles. The average molecular weight is 321 g/mol. The molecule has 5 nitrogen and oxygen atoms in total. The first-order valence-corrected chi connectivity index (χ1v) is 7.08. The van der Waals surface area contributed by atoms with E-state index in [9.17, 15) is 4.79 Å². The molecule has 1 amide bonds. The molecule has 1 saturated heterocycles. The zero-order chi connectivity index (χ0) is 13.2. The Bertz CT molecular complexity index is 583. The molecule has 19 heavy (non-hydrogen) atoms. The second-order valence-electron chi connectivity index (χ2n) is 4.45. The van der Waals surface area contributed by atoms with Crippen molar-refractivity contribution in [1.29, 1.82) is 0 Å². The van der Waals surface area contributed by atoms with E-state index in [1.807, 2.05) is 18.3 Å². The second kappa shape index (κ2) is 5.13. The molecular formula is C13H13BrN4O. The van der Waals surface area contributed by atoms with Crippen molar-refractivity contribution in [1.82, 2.24) is 14.8 Å². The number of rotatable bonds is 2. The van der Waals surface area contributed by atoms with Crippen molar-refractivity contribution in [2.24, 2.45) is 0 Å². The van der Waals surface area contributed by atoms with Gasteiger partial charge in [-0.1, -0.05) is 15.9 Å². The molecule has 2 aromatic rings. The van der Waals surface area contributed by atoms with Gasteiger partial charge in [-0.25, -0.2) is 4.68 Å². The first-order chi connectivity index (χ1) is 9.25. The largest absolute Gasteiger partial charge is 0.309 e. The van der Waals surface area contributed by atoms with E-state index in [4.69, 9.17) is 0 Å². The molecule has 98 valence electrons. The van der Waals surface area contributed by atoms with Gasteiger partial charge in [-0.3, -0.25) is 9.78 Å². The minimum Gasteiger partial charge on any atom is -0.309 e. The lowest BCUT2D eigenvalue weighted by Gasteiger charge is -2.28. The number of alkyl halides is 1. The Morgan fingerprint density at radius 2 is 2.21 bits per heavy atom. The first-order valence-electron chi connectivity index (χ1n) is 6.16. The fourth-order valence-corrected chi connectivity index (χ4v) is 2.74. The Kier molecular flexibility index (Phi) is 3.33. The molecule has 1 unspecified atom stereocenters. The highest BCUT2D eigenvalue weighted by molar-refractivity contribution is 9.10. The highest BCUT2D eigenvalue weighted by Crippen LogP contribution is 2.24. The normalized spacial score (nSPS) is 19.7. The molecule has 0 bridgehead atoms. The summed E-state index contributed by atoms with van der Waals surface area (Å²) < 4.78 is 1.73. The van der Waals surface area contributed by atoms with Crippen molar-refractivity contribution in [2.75, 3.05) is 11.4 Å². The maximum atomic E-state index is 12.1. The highest BCUT2D eigenvalue weighted by atomic mass is 79.9. The van der Waals surface area contributed by atoms with Gasteiger partial charge in [0.05, 0.1) is 34.8 Å².